The van der Waals surface area contributed by atoms with E-state index >= 15 is 0 Å². The number of benzene rings is 2. The maximum absolute atomic E-state index is 12.1. The van der Waals surface area contributed by atoms with Crippen molar-refractivity contribution in [2.45, 2.75) is 33.6 Å². The molecule has 2 aromatic carbocycles. The topological polar surface area (TPSA) is 67.4 Å². The third-order valence-corrected chi connectivity index (χ3v) is 3.66. The zero-order valence-corrected chi connectivity index (χ0v) is 14.9. The van der Waals surface area contributed by atoms with Crippen LogP contribution in [0.25, 0.3) is 0 Å². The highest BCUT2D eigenvalue weighted by atomic mass is 16.5. The van der Waals surface area contributed by atoms with Crippen molar-refractivity contribution in [3.8, 4) is 5.75 Å². The van der Waals surface area contributed by atoms with Crippen molar-refractivity contribution >= 4 is 23.2 Å². The quantitative estimate of drug-likeness (QED) is 0.799. The molecule has 0 unspecified atom stereocenters. The molecular formula is C20H24N2O3. The Morgan fingerprint density at radius 2 is 1.48 bits per heavy atom. The molecular weight excluding hydrogens is 316 g/mol. The molecule has 5 heteroatoms. The van der Waals surface area contributed by atoms with Crippen LogP contribution in [0.4, 0.5) is 11.4 Å². The minimum Gasteiger partial charge on any atom is -0.483 e. The smallest absolute Gasteiger partial charge is 0.262 e. The summed E-state index contributed by atoms with van der Waals surface area (Å²) >= 11 is 0. The Morgan fingerprint density at radius 1 is 0.920 bits per heavy atom. The van der Waals surface area contributed by atoms with Crippen LogP contribution >= 0.6 is 0 Å². The molecule has 132 valence electrons. The second kappa shape index (κ2) is 8.87. The fraction of sp³-hybridized carbons (Fsp3) is 0.300. The van der Waals surface area contributed by atoms with Gasteiger partial charge in [-0.15, -0.1) is 0 Å². The van der Waals surface area contributed by atoms with Gasteiger partial charge < -0.3 is 15.4 Å². The van der Waals surface area contributed by atoms with Gasteiger partial charge in [0.15, 0.2) is 6.61 Å². The molecule has 2 rings (SSSR count). The molecule has 0 bridgehead atoms. The van der Waals surface area contributed by atoms with Crippen LogP contribution in [0.2, 0.25) is 0 Å². The van der Waals surface area contributed by atoms with Crippen LogP contribution in [0.3, 0.4) is 0 Å². The number of carbonyl (C=O) groups is 2. The van der Waals surface area contributed by atoms with Crippen molar-refractivity contribution in [1.82, 2.24) is 0 Å². The Bertz CT molecular complexity index is 736. The number of rotatable bonds is 7. The van der Waals surface area contributed by atoms with Gasteiger partial charge >= 0.3 is 0 Å². The van der Waals surface area contributed by atoms with E-state index in [1.807, 2.05) is 39.0 Å². The fourth-order valence-corrected chi connectivity index (χ4v) is 2.49. The highest BCUT2D eigenvalue weighted by molar-refractivity contribution is 5.94. The number of ether oxygens (including phenoxy) is 1. The van der Waals surface area contributed by atoms with Crippen LogP contribution in [-0.4, -0.2) is 18.4 Å². The molecule has 0 aliphatic rings. The van der Waals surface area contributed by atoms with Crippen LogP contribution in [0.15, 0.2) is 42.5 Å². The molecule has 0 radical (unpaired) electrons. The molecule has 5 nitrogen and oxygen atoms in total. The van der Waals surface area contributed by atoms with Crippen molar-refractivity contribution in [2.24, 2.45) is 0 Å². The summed E-state index contributed by atoms with van der Waals surface area (Å²) in [7, 11) is 0. The van der Waals surface area contributed by atoms with E-state index < -0.39 is 0 Å². The summed E-state index contributed by atoms with van der Waals surface area (Å²) in [5.41, 5.74) is 3.26. The summed E-state index contributed by atoms with van der Waals surface area (Å²) in [6.07, 6.45) is 1.26. The predicted octanol–water partition coefficient (Wildman–Crippen LogP) is 4.06. The first-order valence-electron chi connectivity index (χ1n) is 8.38. The van der Waals surface area contributed by atoms with Crippen molar-refractivity contribution in [3.05, 3.63) is 53.6 Å². The van der Waals surface area contributed by atoms with Crippen molar-refractivity contribution < 1.29 is 14.3 Å². The normalized spacial score (nSPS) is 10.2. The van der Waals surface area contributed by atoms with Crippen LogP contribution in [0, 0.1) is 13.8 Å². The van der Waals surface area contributed by atoms with Crippen LogP contribution < -0.4 is 15.4 Å². The van der Waals surface area contributed by atoms with E-state index in [0.717, 1.165) is 23.3 Å². The average Bonchev–Trinajstić information content (AvgIpc) is 2.55. The summed E-state index contributed by atoms with van der Waals surface area (Å²) < 4.78 is 5.65. The third-order valence-electron chi connectivity index (χ3n) is 3.66. The minimum atomic E-state index is -0.250. The molecule has 25 heavy (non-hydrogen) atoms. The first-order chi connectivity index (χ1) is 12.0. The summed E-state index contributed by atoms with van der Waals surface area (Å²) in [4.78, 5) is 23.8. The van der Waals surface area contributed by atoms with Gasteiger partial charge in [-0.05, 0) is 49.6 Å². The number of para-hydroxylation sites is 1. The summed E-state index contributed by atoms with van der Waals surface area (Å²) in [6, 6.07) is 12.9. The molecule has 0 aromatic heterocycles. The number of aryl methyl sites for hydroxylation is 2. The Hall–Kier alpha value is -2.82. The van der Waals surface area contributed by atoms with E-state index in [0.29, 0.717) is 17.8 Å². The monoisotopic (exact) mass is 340 g/mol. The highest BCUT2D eigenvalue weighted by Gasteiger charge is 2.08. The van der Waals surface area contributed by atoms with Crippen molar-refractivity contribution in [2.75, 3.05) is 17.2 Å². The van der Waals surface area contributed by atoms with Gasteiger partial charge in [0, 0.05) is 17.8 Å². The van der Waals surface area contributed by atoms with Gasteiger partial charge in [0.25, 0.3) is 5.91 Å². The summed E-state index contributed by atoms with van der Waals surface area (Å²) in [5.74, 6) is 0.447. The summed E-state index contributed by atoms with van der Waals surface area (Å²) in [5, 5.41) is 5.59. The lowest BCUT2D eigenvalue weighted by atomic mass is 10.1. The van der Waals surface area contributed by atoms with Crippen molar-refractivity contribution in [3.63, 3.8) is 0 Å². The number of hydrogen-bond acceptors (Lipinski definition) is 3. The van der Waals surface area contributed by atoms with E-state index in [1.54, 1.807) is 24.3 Å². The van der Waals surface area contributed by atoms with E-state index in [1.165, 1.54) is 0 Å². The van der Waals surface area contributed by atoms with Crippen LogP contribution in [0.5, 0.6) is 5.75 Å². The molecule has 0 atom stereocenters. The van der Waals surface area contributed by atoms with E-state index in [-0.39, 0.29) is 18.4 Å². The number of carbonyl (C=O) groups excluding carboxylic acids is 2. The molecule has 0 saturated carbocycles. The number of amides is 2. The molecule has 2 aromatic rings. The Labute approximate surface area is 148 Å². The van der Waals surface area contributed by atoms with Gasteiger partial charge in [-0.2, -0.15) is 0 Å². The number of anilines is 2. The maximum atomic E-state index is 12.1. The lowest BCUT2D eigenvalue weighted by Crippen LogP contribution is -2.20. The second-order valence-electron chi connectivity index (χ2n) is 5.94. The fourth-order valence-electron chi connectivity index (χ4n) is 2.49. The Balaban J connectivity index is 1.93. The zero-order chi connectivity index (χ0) is 18.2. The number of hydrogen-bond donors (Lipinski definition) is 2. The van der Waals surface area contributed by atoms with Crippen LogP contribution in [0.1, 0.15) is 30.9 Å². The number of nitrogens with one attached hydrogen (secondary N) is 2. The standard InChI is InChI=1S/C20H24N2O3/c1-4-7-18(23)21-16-10-6-11-17(12-16)22-19(24)13-25-20-14(2)8-5-9-15(20)3/h5-6,8-12H,4,7,13H2,1-3H3,(H,21,23)(H,22,24). The molecule has 0 saturated heterocycles. The van der Waals surface area contributed by atoms with Gasteiger partial charge in [0.2, 0.25) is 5.91 Å². The molecule has 0 aliphatic carbocycles. The second-order valence-corrected chi connectivity index (χ2v) is 5.94. The van der Waals surface area contributed by atoms with Crippen molar-refractivity contribution in [1.29, 1.82) is 0 Å². The molecule has 2 amide bonds. The summed E-state index contributed by atoms with van der Waals surface area (Å²) in [6.45, 7) is 5.77. The van der Waals surface area contributed by atoms with E-state index in [2.05, 4.69) is 10.6 Å². The molecule has 0 spiro atoms. The SMILES string of the molecule is CCCC(=O)Nc1cccc(NC(=O)COc2c(C)cccc2C)c1. The molecule has 2 N–H and O–H groups in total. The Kier molecular flexibility index (Phi) is 6.57. The zero-order valence-electron chi connectivity index (χ0n) is 14.9. The predicted molar refractivity (Wildman–Crippen MR) is 100 cm³/mol. The Morgan fingerprint density at radius 3 is 2.08 bits per heavy atom. The first kappa shape index (κ1) is 18.5. The van der Waals surface area contributed by atoms with Gasteiger partial charge in [-0.1, -0.05) is 31.2 Å². The van der Waals surface area contributed by atoms with Gasteiger partial charge in [0.1, 0.15) is 5.75 Å². The van der Waals surface area contributed by atoms with Gasteiger partial charge in [0.05, 0.1) is 0 Å². The third kappa shape index (κ3) is 5.64. The highest BCUT2D eigenvalue weighted by Crippen LogP contribution is 2.22. The minimum absolute atomic E-state index is 0.0377. The van der Waals surface area contributed by atoms with Gasteiger partial charge in [-0.3, -0.25) is 9.59 Å². The first-order valence-corrected chi connectivity index (χ1v) is 8.38. The molecule has 0 aliphatic heterocycles. The lowest BCUT2D eigenvalue weighted by Gasteiger charge is -2.12. The molecule has 0 fully saturated rings. The largest absolute Gasteiger partial charge is 0.483 e. The van der Waals surface area contributed by atoms with E-state index in [9.17, 15) is 9.59 Å². The average molecular weight is 340 g/mol. The van der Waals surface area contributed by atoms with Crippen LogP contribution in [-0.2, 0) is 9.59 Å². The lowest BCUT2D eigenvalue weighted by molar-refractivity contribution is -0.118. The maximum Gasteiger partial charge on any atom is 0.262 e. The molecule has 0 heterocycles. The van der Waals surface area contributed by atoms with E-state index in [4.69, 9.17) is 4.74 Å². The van der Waals surface area contributed by atoms with Gasteiger partial charge in [-0.25, -0.2) is 0 Å².